The van der Waals surface area contributed by atoms with Gasteiger partial charge in [0.1, 0.15) is 5.75 Å². The Morgan fingerprint density at radius 2 is 1.80 bits per heavy atom. The maximum Gasteiger partial charge on any atom is 0.382 e. The van der Waals surface area contributed by atoms with Crippen LogP contribution in [0.4, 0.5) is 0 Å². The number of carboxylic acids is 1. The van der Waals surface area contributed by atoms with Crippen molar-refractivity contribution in [3.05, 3.63) is 29.8 Å². The van der Waals surface area contributed by atoms with Gasteiger partial charge < -0.3 is 9.84 Å². The van der Waals surface area contributed by atoms with Crippen LogP contribution in [0.1, 0.15) is 19.4 Å². The summed E-state index contributed by atoms with van der Waals surface area (Å²) in [7, 11) is 1.57. The molecule has 0 heterocycles. The summed E-state index contributed by atoms with van der Waals surface area (Å²) in [6.07, 6.45) is 0. The zero-order chi connectivity index (χ0) is 11.7. The van der Waals surface area contributed by atoms with Crippen LogP contribution in [0.5, 0.6) is 5.75 Å². The summed E-state index contributed by atoms with van der Waals surface area (Å²) >= 11 is 0. The van der Waals surface area contributed by atoms with E-state index in [9.17, 15) is 4.79 Å². The van der Waals surface area contributed by atoms with Gasteiger partial charge in [-0.25, -0.2) is 4.79 Å². The van der Waals surface area contributed by atoms with Crippen molar-refractivity contribution in [2.24, 2.45) is 0 Å². The Morgan fingerprint density at radius 1 is 1.27 bits per heavy atom. The van der Waals surface area contributed by atoms with Crippen LogP contribution < -0.4 is 4.74 Å². The number of aliphatic carboxylic acids is 1. The largest absolute Gasteiger partial charge is 0.497 e. The molecule has 0 saturated heterocycles. The lowest BCUT2D eigenvalue weighted by atomic mass is 10.2. The highest BCUT2D eigenvalue weighted by Crippen LogP contribution is 2.09. The Kier molecular flexibility index (Phi) is 6.48. The van der Waals surface area contributed by atoms with E-state index in [1.54, 1.807) is 31.4 Å². The van der Waals surface area contributed by atoms with E-state index in [1.807, 2.05) is 19.8 Å². The molecular weight excluding hydrogens is 192 g/mol. The third-order valence-electron chi connectivity index (χ3n) is 1.40. The molecule has 1 N–H and O–H groups in total. The quantitative estimate of drug-likeness (QED) is 0.716. The van der Waals surface area contributed by atoms with Crippen LogP contribution in [0.25, 0.3) is 0 Å². The molecule has 1 aromatic rings. The van der Waals surface area contributed by atoms with Gasteiger partial charge in [-0.2, -0.15) is 0 Å². The van der Waals surface area contributed by atoms with Gasteiger partial charge in [0.05, 0.1) is 7.11 Å². The molecule has 0 aliphatic heterocycles. The molecule has 0 unspecified atom stereocenters. The van der Waals surface area contributed by atoms with Crippen LogP contribution in [0.2, 0.25) is 0 Å². The molecule has 15 heavy (non-hydrogen) atoms. The van der Waals surface area contributed by atoms with Crippen molar-refractivity contribution in [1.82, 2.24) is 0 Å². The predicted molar refractivity (Wildman–Crippen MR) is 58.9 cm³/mol. The fourth-order valence-corrected chi connectivity index (χ4v) is 0.800. The second-order valence-corrected chi connectivity index (χ2v) is 2.28. The van der Waals surface area contributed by atoms with Crippen molar-refractivity contribution in [1.29, 1.82) is 0 Å². The number of methoxy groups -OCH3 is 1. The molecule has 3 heteroatoms. The van der Waals surface area contributed by atoms with E-state index in [-0.39, 0.29) is 0 Å². The van der Waals surface area contributed by atoms with E-state index in [1.165, 1.54) is 0 Å². The summed E-state index contributed by atoms with van der Waals surface area (Å²) in [5, 5.41) is 8.28. The molecule has 3 nitrogen and oxygen atoms in total. The molecule has 0 radical (unpaired) electrons. The zero-order valence-corrected chi connectivity index (χ0v) is 9.07. The third kappa shape index (κ3) is 5.37. The van der Waals surface area contributed by atoms with Gasteiger partial charge in [-0.05, 0) is 24.3 Å². The highest BCUT2D eigenvalue weighted by atomic mass is 16.5. The maximum atomic E-state index is 10.1. The summed E-state index contributed by atoms with van der Waals surface area (Å²) in [6, 6.07) is 6.86. The third-order valence-corrected chi connectivity index (χ3v) is 1.40. The summed E-state index contributed by atoms with van der Waals surface area (Å²) in [5.41, 5.74) is 0.656. The zero-order valence-electron chi connectivity index (χ0n) is 9.07. The molecular formula is C12H14O3. The van der Waals surface area contributed by atoms with Crippen molar-refractivity contribution < 1.29 is 14.6 Å². The molecule has 0 aromatic heterocycles. The number of carbonyl (C=O) groups is 1. The predicted octanol–water partition coefficient (Wildman–Crippen LogP) is 2.16. The summed E-state index contributed by atoms with van der Waals surface area (Å²) in [5.74, 6) is 4.11. The summed E-state index contributed by atoms with van der Waals surface area (Å²) < 4.78 is 4.93. The molecule has 1 aromatic carbocycles. The van der Waals surface area contributed by atoms with Crippen LogP contribution in [-0.2, 0) is 4.79 Å². The topological polar surface area (TPSA) is 46.5 Å². The molecule has 80 valence electrons. The van der Waals surface area contributed by atoms with Crippen LogP contribution in [-0.4, -0.2) is 18.2 Å². The second-order valence-electron chi connectivity index (χ2n) is 2.28. The van der Waals surface area contributed by atoms with E-state index < -0.39 is 5.97 Å². The molecule has 0 saturated carbocycles. The maximum absolute atomic E-state index is 10.1. The van der Waals surface area contributed by atoms with Gasteiger partial charge in [0.15, 0.2) is 0 Å². The highest BCUT2D eigenvalue weighted by molar-refractivity contribution is 5.87. The van der Waals surface area contributed by atoms with Gasteiger partial charge in [-0.15, -0.1) is 0 Å². The van der Waals surface area contributed by atoms with E-state index in [0.29, 0.717) is 5.56 Å². The van der Waals surface area contributed by atoms with Crippen molar-refractivity contribution >= 4 is 5.97 Å². The average Bonchev–Trinajstić information content (AvgIpc) is 2.30. The van der Waals surface area contributed by atoms with Crippen LogP contribution in [0.15, 0.2) is 24.3 Å². The number of ether oxygens (including phenoxy) is 1. The normalized spacial score (nSPS) is 7.67. The minimum Gasteiger partial charge on any atom is -0.497 e. The molecule has 0 atom stereocenters. The Balaban J connectivity index is 0.000000921. The number of hydrogen-bond acceptors (Lipinski definition) is 2. The Labute approximate surface area is 89.7 Å². The minimum atomic E-state index is -1.13. The minimum absolute atomic E-state index is 0.656. The average molecular weight is 206 g/mol. The molecule has 1 rings (SSSR count). The smallest absolute Gasteiger partial charge is 0.382 e. The van der Waals surface area contributed by atoms with Crippen molar-refractivity contribution in [3.63, 3.8) is 0 Å². The Hall–Kier alpha value is -1.95. The van der Waals surface area contributed by atoms with E-state index >= 15 is 0 Å². The number of carboxylic acid groups (broad SMARTS) is 1. The van der Waals surface area contributed by atoms with E-state index in [2.05, 4.69) is 5.92 Å². The van der Waals surface area contributed by atoms with E-state index in [0.717, 1.165) is 5.75 Å². The number of rotatable bonds is 1. The Bertz CT molecular complexity index is 355. The first-order chi connectivity index (χ1) is 7.22. The number of hydrogen-bond donors (Lipinski definition) is 1. The first kappa shape index (κ1) is 13.1. The van der Waals surface area contributed by atoms with Crippen molar-refractivity contribution in [2.75, 3.05) is 7.11 Å². The van der Waals surface area contributed by atoms with Crippen molar-refractivity contribution in [3.8, 4) is 17.6 Å². The van der Waals surface area contributed by atoms with Gasteiger partial charge >= 0.3 is 5.97 Å². The molecule has 0 aliphatic rings. The lowest BCUT2D eigenvalue weighted by Crippen LogP contribution is -1.87. The first-order valence-electron chi connectivity index (χ1n) is 4.61. The molecule has 0 aliphatic carbocycles. The van der Waals surface area contributed by atoms with Crippen LogP contribution >= 0.6 is 0 Å². The molecule has 0 amide bonds. The van der Waals surface area contributed by atoms with Crippen molar-refractivity contribution in [2.45, 2.75) is 13.8 Å². The summed E-state index contributed by atoms with van der Waals surface area (Å²) in [6.45, 7) is 4.00. The molecule has 0 spiro atoms. The monoisotopic (exact) mass is 206 g/mol. The van der Waals surface area contributed by atoms with Gasteiger partial charge in [0.2, 0.25) is 0 Å². The van der Waals surface area contributed by atoms with Gasteiger partial charge in [-0.1, -0.05) is 19.8 Å². The fraction of sp³-hybridized carbons (Fsp3) is 0.250. The molecule has 0 bridgehead atoms. The fourth-order valence-electron chi connectivity index (χ4n) is 0.800. The van der Waals surface area contributed by atoms with Crippen LogP contribution in [0.3, 0.4) is 0 Å². The first-order valence-corrected chi connectivity index (χ1v) is 4.61. The number of benzene rings is 1. The summed E-state index contributed by atoms with van der Waals surface area (Å²) in [4.78, 5) is 10.1. The van der Waals surface area contributed by atoms with Crippen LogP contribution in [0, 0.1) is 11.8 Å². The SMILES string of the molecule is CC.COc1ccc(C#CC(=O)O)cc1. The highest BCUT2D eigenvalue weighted by Gasteiger charge is 1.90. The van der Waals surface area contributed by atoms with E-state index in [4.69, 9.17) is 9.84 Å². The van der Waals surface area contributed by atoms with Gasteiger partial charge in [0, 0.05) is 11.5 Å². The molecule has 0 fully saturated rings. The lowest BCUT2D eigenvalue weighted by Gasteiger charge is -1.96. The Morgan fingerprint density at radius 3 is 2.20 bits per heavy atom. The standard InChI is InChI=1S/C10H8O3.C2H6/c1-13-9-5-2-8(3-6-9)4-7-10(11)12;1-2/h2-3,5-6H,1H3,(H,11,12);1-2H3. The lowest BCUT2D eigenvalue weighted by molar-refractivity contribution is -0.130. The second kappa shape index (κ2) is 7.45. The van der Waals surface area contributed by atoms with Gasteiger partial charge in [0.25, 0.3) is 0 Å². The van der Waals surface area contributed by atoms with Gasteiger partial charge in [-0.3, -0.25) is 0 Å².